The zero-order chi connectivity index (χ0) is 15.9. The minimum Gasteiger partial charge on any atom is -0.468 e. The molecule has 0 radical (unpaired) electrons. The number of halogens is 1. The highest BCUT2D eigenvalue weighted by Crippen LogP contribution is 2.30. The zero-order valence-corrected chi connectivity index (χ0v) is 13.4. The van der Waals surface area contributed by atoms with E-state index in [1.54, 1.807) is 17.4 Å². The number of benzene rings is 1. The second kappa shape index (κ2) is 7.77. The Morgan fingerprint density at radius 1 is 1.32 bits per heavy atom. The van der Waals surface area contributed by atoms with Crippen LogP contribution in [0, 0.1) is 0 Å². The number of esters is 1. The highest BCUT2D eigenvalue weighted by atomic mass is 35.5. The van der Waals surface area contributed by atoms with Crippen LogP contribution in [0.5, 0.6) is 0 Å². The third-order valence-electron chi connectivity index (χ3n) is 2.77. The van der Waals surface area contributed by atoms with Crippen molar-refractivity contribution < 1.29 is 14.3 Å². The molecule has 0 aliphatic heterocycles. The van der Waals surface area contributed by atoms with Crippen molar-refractivity contribution in [1.82, 2.24) is 5.32 Å². The lowest BCUT2D eigenvalue weighted by Gasteiger charge is -1.99. The number of thiophene rings is 1. The predicted octanol–water partition coefficient (Wildman–Crippen LogP) is 3.37. The third-order valence-corrected chi connectivity index (χ3v) is 4.10. The molecule has 1 aromatic carbocycles. The first kappa shape index (κ1) is 16.3. The van der Waals surface area contributed by atoms with Gasteiger partial charge in [-0.25, -0.2) is 0 Å². The Morgan fingerprint density at radius 3 is 2.86 bits per heavy atom. The van der Waals surface area contributed by atoms with E-state index in [2.05, 4.69) is 10.1 Å². The van der Waals surface area contributed by atoms with Crippen molar-refractivity contribution in [2.24, 2.45) is 0 Å². The number of ether oxygens (including phenoxy) is 1. The number of carbonyl (C=O) groups excluding carboxylic acids is 2. The summed E-state index contributed by atoms with van der Waals surface area (Å²) in [5, 5.41) is 3.12. The van der Waals surface area contributed by atoms with Crippen LogP contribution in [0.4, 0.5) is 0 Å². The predicted molar refractivity (Wildman–Crippen MR) is 88.8 cm³/mol. The molecule has 0 bridgehead atoms. The molecular formula is C16H14ClNO3S. The average molecular weight is 336 g/mol. The summed E-state index contributed by atoms with van der Waals surface area (Å²) in [6.07, 6.45) is 3.09. The molecule has 1 heterocycles. The van der Waals surface area contributed by atoms with Gasteiger partial charge in [0.2, 0.25) is 5.91 Å². The molecule has 1 amide bonds. The largest absolute Gasteiger partial charge is 0.468 e. The van der Waals surface area contributed by atoms with Crippen molar-refractivity contribution in [1.29, 1.82) is 0 Å². The fourth-order valence-corrected chi connectivity index (χ4v) is 2.78. The maximum Gasteiger partial charge on any atom is 0.325 e. The van der Waals surface area contributed by atoms with E-state index < -0.39 is 5.97 Å². The van der Waals surface area contributed by atoms with Crippen LogP contribution in [0.3, 0.4) is 0 Å². The lowest BCUT2D eigenvalue weighted by atomic mass is 10.2. The first-order chi connectivity index (χ1) is 10.6. The summed E-state index contributed by atoms with van der Waals surface area (Å²) in [5.41, 5.74) is 1.03. The van der Waals surface area contributed by atoms with E-state index in [0.717, 1.165) is 15.3 Å². The number of nitrogens with one attached hydrogen (secondary N) is 1. The molecule has 22 heavy (non-hydrogen) atoms. The molecule has 1 N–H and O–H groups in total. The molecular weight excluding hydrogens is 322 g/mol. The molecule has 0 unspecified atom stereocenters. The second-order valence-corrected chi connectivity index (χ2v) is 5.89. The Bertz CT molecular complexity index is 709. The Morgan fingerprint density at radius 2 is 2.14 bits per heavy atom. The number of hydrogen-bond acceptors (Lipinski definition) is 4. The van der Waals surface area contributed by atoms with E-state index in [4.69, 9.17) is 11.6 Å². The standard InChI is InChI=1S/C16H14ClNO3S/c1-21-16(20)10-18-15(19)8-6-13-5-7-14(22-13)11-3-2-4-12(17)9-11/h2-9H,10H2,1H3,(H,18,19)/b8-6+. The normalized spacial score (nSPS) is 10.6. The molecule has 6 heteroatoms. The molecule has 0 spiro atoms. The van der Waals surface area contributed by atoms with Crippen molar-refractivity contribution >= 4 is 40.9 Å². The minimum absolute atomic E-state index is 0.141. The van der Waals surface area contributed by atoms with Crippen LogP contribution >= 0.6 is 22.9 Å². The topological polar surface area (TPSA) is 55.4 Å². The van der Waals surface area contributed by atoms with Gasteiger partial charge in [0.25, 0.3) is 0 Å². The fourth-order valence-electron chi connectivity index (χ4n) is 1.69. The average Bonchev–Trinajstić information content (AvgIpc) is 2.99. The van der Waals surface area contributed by atoms with E-state index in [0.29, 0.717) is 5.02 Å². The molecule has 2 rings (SSSR count). The fraction of sp³-hybridized carbons (Fsp3) is 0.125. The lowest BCUT2D eigenvalue weighted by molar-refractivity contribution is -0.140. The SMILES string of the molecule is COC(=O)CNC(=O)/C=C/c1ccc(-c2cccc(Cl)c2)s1. The molecule has 0 saturated carbocycles. The first-order valence-electron chi connectivity index (χ1n) is 6.47. The highest BCUT2D eigenvalue weighted by molar-refractivity contribution is 7.16. The number of methoxy groups -OCH3 is 1. The van der Waals surface area contributed by atoms with Crippen LogP contribution in [0.1, 0.15) is 4.88 Å². The summed E-state index contributed by atoms with van der Waals surface area (Å²) in [4.78, 5) is 24.4. The Kier molecular flexibility index (Phi) is 5.75. The number of hydrogen-bond donors (Lipinski definition) is 1. The van der Waals surface area contributed by atoms with Crippen LogP contribution in [0.2, 0.25) is 5.02 Å². The molecule has 0 atom stereocenters. The van der Waals surface area contributed by atoms with E-state index in [1.165, 1.54) is 13.2 Å². The zero-order valence-electron chi connectivity index (χ0n) is 11.8. The Labute approximate surface area is 137 Å². The lowest BCUT2D eigenvalue weighted by Crippen LogP contribution is -2.28. The summed E-state index contributed by atoms with van der Waals surface area (Å²) in [6, 6.07) is 11.5. The van der Waals surface area contributed by atoms with Crippen molar-refractivity contribution in [3.8, 4) is 10.4 Å². The van der Waals surface area contributed by atoms with Crippen molar-refractivity contribution in [3.05, 3.63) is 52.4 Å². The number of rotatable bonds is 5. The van der Waals surface area contributed by atoms with Gasteiger partial charge in [-0.15, -0.1) is 11.3 Å². The highest BCUT2D eigenvalue weighted by Gasteiger charge is 2.04. The summed E-state index contributed by atoms with van der Waals surface area (Å²) >= 11 is 7.52. The molecule has 1 aromatic heterocycles. The van der Waals surface area contributed by atoms with Crippen molar-refractivity contribution in [2.45, 2.75) is 0 Å². The summed E-state index contributed by atoms with van der Waals surface area (Å²) < 4.78 is 4.44. The van der Waals surface area contributed by atoms with Crippen molar-refractivity contribution in [3.63, 3.8) is 0 Å². The van der Waals surface area contributed by atoms with Crippen LogP contribution in [-0.4, -0.2) is 25.5 Å². The number of amides is 1. The van der Waals surface area contributed by atoms with Gasteiger partial charge >= 0.3 is 5.97 Å². The molecule has 4 nitrogen and oxygen atoms in total. The van der Waals surface area contributed by atoms with Crippen LogP contribution in [0.25, 0.3) is 16.5 Å². The van der Waals surface area contributed by atoms with Gasteiger partial charge in [0.1, 0.15) is 6.54 Å². The minimum atomic E-state index is -0.485. The van der Waals surface area contributed by atoms with Crippen molar-refractivity contribution in [2.75, 3.05) is 13.7 Å². The van der Waals surface area contributed by atoms with Crippen LogP contribution in [0.15, 0.2) is 42.5 Å². The molecule has 2 aromatic rings. The second-order valence-electron chi connectivity index (χ2n) is 4.34. The Balaban J connectivity index is 1.98. The van der Waals surface area contributed by atoms with Gasteiger partial charge in [-0.3, -0.25) is 9.59 Å². The third kappa shape index (κ3) is 4.72. The Hall–Kier alpha value is -2.11. The molecule has 0 aliphatic carbocycles. The smallest absolute Gasteiger partial charge is 0.325 e. The number of carbonyl (C=O) groups is 2. The van der Waals surface area contributed by atoms with Gasteiger partial charge in [-0.2, -0.15) is 0 Å². The first-order valence-corrected chi connectivity index (χ1v) is 7.66. The monoisotopic (exact) mass is 335 g/mol. The van der Waals surface area contributed by atoms with Crippen LogP contribution < -0.4 is 5.32 Å². The van der Waals surface area contributed by atoms with Gasteiger partial charge in [0, 0.05) is 20.9 Å². The maximum absolute atomic E-state index is 11.5. The van der Waals surface area contributed by atoms with Gasteiger partial charge in [-0.1, -0.05) is 23.7 Å². The molecule has 0 fully saturated rings. The maximum atomic E-state index is 11.5. The van der Waals surface area contributed by atoms with E-state index >= 15 is 0 Å². The molecule has 0 saturated heterocycles. The van der Waals surface area contributed by atoms with Gasteiger partial charge in [-0.05, 0) is 35.9 Å². The van der Waals surface area contributed by atoms with Gasteiger partial charge in [0.15, 0.2) is 0 Å². The van der Waals surface area contributed by atoms with Gasteiger partial charge < -0.3 is 10.1 Å². The van der Waals surface area contributed by atoms with Gasteiger partial charge in [0.05, 0.1) is 7.11 Å². The van der Waals surface area contributed by atoms with E-state index in [-0.39, 0.29) is 12.5 Å². The molecule has 114 valence electrons. The van der Waals surface area contributed by atoms with Crippen LogP contribution in [-0.2, 0) is 14.3 Å². The summed E-state index contributed by atoms with van der Waals surface area (Å²) in [6.45, 7) is -0.141. The summed E-state index contributed by atoms with van der Waals surface area (Å²) in [7, 11) is 1.27. The van der Waals surface area contributed by atoms with E-state index in [9.17, 15) is 9.59 Å². The molecule has 0 aliphatic rings. The summed E-state index contributed by atoms with van der Waals surface area (Å²) in [5.74, 6) is -0.829. The van der Waals surface area contributed by atoms with E-state index in [1.807, 2.05) is 36.4 Å². The quantitative estimate of drug-likeness (QED) is 0.673.